The molecule has 0 radical (unpaired) electrons. The second-order valence-corrected chi connectivity index (χ2v) is 5.49. The fourth-order valence-electron chi connectivity index (χ4n) is 2.49. The molecule has 0 spiro atoms. The van der Waals surface area contributed by atoms with Gasteiger partial charge in [-0.15, -0.1) is 0 Å². The van der Waals surface area contributed by atoms with Crippen molar-refractivity contribution in [1.29, 1.82) is 0 Å². The van der Waals surface area contributed by atoms with Crippen LogP contribution in [-0.4, -0.2) is 47.9 Å². The van der Waals surface area contributed by atoms with Crippen molar-refractivity contribution in [2.24, 2.45) is 5.16 Å². The molecule has 1 aliphatic heterocycles. The Labute approximate surface area is 139 Å². The standard InChI is InChI=1S/C15H19BN2O6/c1-9(18-23-2)6-7-13(19)17-12-8-10-4-3-5-11(15(20)21)14(10)24-16(12)22/h3-5,12,22H,6-8H2,1-2H3,(H,17,19)(H,20,21). The number of carboxylic acid groups (broad SMARTS) is 1. The summed E-state index contributed by atoms with van der Waals surface area (Å²) in [4.78, 5) is 27.8. The summed E-state index contributed by atoms with van der Waals surface area (Å²) in [5.41, 5.74) is 1.30. The molecule has 3 N–H and O–H groups in total. The minimum atomic E-state index is -1.31. The van der Waals surface area contributed by atoms with Gasteiger partial charge in [-0.1, -0.05) is 17.3 Å². The van der Waals surface area contributed by atoms with Gasteiger partial charge in [0.05, 0.1) is 17.2 Å². The molecule has 0 saturated carbocycles. The van der Waals surface area contributed by atoms with E-state index in [0.29, 0.717) is 17.7 Å². The average molecular weight is 334 g/mol. The first-order valence-electron chi connectivity index (χ1n) is 7.48. The van der Waals surface area contributed by atoms with Crippen LogP contribution in [0.1, 0.15) is 35.7 Å². The van der Waals surface area contributed by atoms with Crippen molar-refractivity contribution < 1.29 is 29.2 Å². The fraction of sp³-hybridized carbons (Fsp3) is 0.400. The van der Waals surface area contributed by atoms with E-state index < -0.39 is 19.0 Å². The van der Waals surface area contributed by atoms with Gasteiger partial charge in [0, 0.05) is 6.42 Å². The maximum atomic E-state index is 12.0. The lowest BCUT2D eigenvalue weighted by Gasteiger charge is -2.28. The second kappa shape index (κ2) is 7.82. The summed E-state index contributed by atoms with van der Waals surface area (Å²) in [5.74, 6) is -1.89. The molecule has 0 saturated heterocycles. The Morgan fingerprint density at radius 2 is 2.21 bits per heavy atom. The molecule has 0 aliphatic carbocycles. The lowest BCUT2D eigenvalue weighted by Crippen LogP contribution is -2.53. The molecule has 1 unspecified atom stereocenters. The van der Waals surface area contributed by atoms with Crippen LogP contribution in [0.3, 0.4) is 0 Å². The summed E-state index contributed by atoms with van der Waals surface area (Å²) in [7, 11) is 0.123. The molecule has 1 atom stereocenters. The van der Waals surface area contributed by atoms with Crippen molar-refractivity contribution in [2.75, 3.05) is 7.11 Å². The van der Waals surface area contributed by atoms with Crippen LogP contribution in [0.2, 0.25) is 0 Å². The Morgan fingerprint density at radius 3 is 2.88 bits per heavy atom. The summed E-state index contributed by atoms with van der Waals surface area (Å²) >= 11 is 0. The van der Waals surface area contributed by atoms with Gasteiger partial charge in [-0.3, -0.25) is 4.79 Å². The molecule has 24 heavy (non-hydrogen) atoms. The van der Waals surface area contributed by atoms with Gasteiger partial charge in [-0.05, 0) is 31.4 Å². The highest BCUT2D eigenvalue weighted by atomic mass is 16.6. The Bertz CT molecular complexity index is 663. The molecule has 128 valence electrons. The number of fused-ring (bicyclic) bond motifs is 1. The number of nitrogens with zero attached hydrogens (tertiary/aromatic N) is 1. The second-order valence-electron chi connectivity index (χ2n) is 5.49. The molecule has 0 bridgehead atoms. The number of rotatable bonds is 6. The number of nitrogens with one attached hydrogen (secondary N) is 1. The van der Waals surface area contributed by atoms with Crippen molar-refractivity contribution in [3.8, 4) is 5.75 Å². The van der Waals surface area contributed by atoms with Gasteiger partial charge in [0.25, 0.3) is 0 Å². The molecule has 1 amide bonds. The van der Waals surface area contributed by atoms with Crippen LogP contribution in [0.25, 0.3) is 0 Å². The molecule has 9 heteroatoms. The van der Waals surface area contributed by atoms with E-state index in [1.54, 1.807) is 19.1 Å². The number of amides is 1. The highest BCUT2D eigenvalue weighted by Gasteiger charge is 2.37. The third-order valence-electron chi connectivity index (χ3n) is 3.66. The molecule has 1 heterocycles. The predicted octanol–water partition coefficient (Wildman–Crippen LogP) is 0.627. The quantitative estimate of drug-likeness (QED) is 0.399. The van der Waals surface area contributed by atoms with E-state index in [1.807, 2.05) is 0 Å². The number of hydrogen-bond acceptors (Lipinski definition) is 6. The minimum Gasteiger partial charge on any atom is -0.534 e. The van der Waals surface area contributed by atoms with Crippen LogP contribution in [0, 0.1) is 0 Å². The van der Waals surface area contributed by atoms with Crippen molar-refractivity contribution >= 4 is 24.7 Å². The van der Waals surface area contributed by atoms with E-state index >= 15 is 0 Å². The number of carbonyl (C=O) groups is 2. The van der Waals surface area contributed by atoms with Crippen LogP contribution in [0.5, 0.6) is 5.75 Å². The molecule has 1 aliphatic rings. The Balaban J connectivity index is 2.01. The van der Waals surface area contributed by atoms with Gasteiger partial charge >= 0.3 is 13.1 Å². The van der Waals surface area contributed by atoms with E-state index in [2.05, 4.69) is 15.3 Å². The summed E-state index contributed by atoms with van der Waals surface area (Å²) in [6.45, 7) is 1.75. The van der Waals surface area contributed by atoms with Gasteiger partial charge < -0.3 is 24.9 Å². The van der Waals surface area contributed by atoms with Crippen LogP contribution >= 0.6 is 0 Å². The van der Waals surface area contributed by atoms with E-state index in [9.17, 15) is 14.6 Å². The van der Waals surface area contributed by atoms with Gasteiger partial charge in [-0.2, -0.15) is 0 Å². The number of benzene rings is 1. The SMILES string of the molecule is CON=C(C)CCC(=O)NC1Cc2cccc(C(=O)O)c2OB1O. The number of oxime groups is 1. The number of hydrogen-bond donors (Lipinski definition) is 3. The van der Waals surface area contributed by atoms with E-state index in [0.717, 1.165) is 0 Å². The smallest absolute Gasteiger partial charge is 0.534 e. The highest BCUT2D eigenvalue weighted by molar-refractivity contribution is 6.47. The van der Waals surface area contributed by atoms with Crippen LogP contribution in [-0.2, 0) is 16.1 Å². The zero-order valence-corrected chi connectivity index (χ0v) is 13.5. The summed E-state index contributed by atoms with van der Waals surface area (Å²) < 4.78 is 5.32. The minimum absolute atomic E-state index is 0.0114. The Hall–Kier alpha value is -2.55. The molecular formula is C15H19BN2O6. The highest BCUT2D eigenvalue weighted by Crippen LogP contribution is 2.30. The number of aromatic carboxylic acids is 1. The predicted molar refractivity (Wildman–Crippen MR) is 87.0 cm³/mol. The third-order valence-corrected chi connectivity index (χ3v) is 3.66. The van der Waals surface area contributed by atoms with E-state index in [1.165, 1.54) is 13.2 Å². The molecule has 8 nitrogen and oxygen atoms in total. The fourth-order valence-corrected chi connectivity index (χ4v) is 2.49. The van der Waals surface area contributed by atoms with Gasteiger partial charge in [0.1, 0.15) is 12.9 Å². The van der Waals surface area contributed by atoms with Crippen molar-refractivity contribution in [2.45, 2.75) is 32.1 Å². The van der Waals surface area contributed by atoms with E-state index in [4.69, 9.17) is 9.76 Å². The zero-order valence-electron chi connectivity index (χ0n) is 13.5. The molecule has 0 fully saturated rings. The number of carboxylic acids is 1. The van der Waals surface area contributed by atoms with Gasteiger partial charge in [-0.25, -0.2) is 4.79 Å². The third kappa shape index (κ3) is 4.26. The normalized spacial score (nSPS) is 16.9. The lowest BCUT2D eigenvalue weighted by molar-refractivity contribution is -0.121. The molecule has 1 aromatic rings. The first-order chi connectivity index (χ1) is 11.4. The van der Waals surface area contributed by atoms with Gasteiger partial charge in [0.2, 0.25) is 5.91 Å². The van der Waals surface area contributed by atoms with Crippen molar-refractivity contribution in [3.63, 3.8) is 0 Å². The first-order valence-corrected chi connectivity index (χ1v) is 7.48. The van der Waals surface area contributed by atoms with Crippen LogP contribution in [0.15, 0.2) is 23.4 Å². The summed E-state index contributed by atoms with van der Waals surface area (Å²) in [6.07, 6.45) is 0.918. The topological polar surface area (TPSA) is 117 Å². The van der Waals surface area contributed by atoms with Crippen LogP contribution in [0.4, 0.5) is 0 Å². The lowest BCUT2D eigenvalue weighted by atomic mass is 9.72. The van der Waals surface area contributed by atoms with Gasteiger partial charge in [0.15, 0.2) is 0 Å². The summed E-state index contributed by atoms with van der Waals surface area (Å²) in [6, 6.07) is 4.72. The molecule has 0 aromatic heterocycles. The van der Waals surface area contributed by atoms with Crippen molar-refractivity contribution in [1.82, 2.24) is 5.32 Å². The molecular weight excluding hydrogens is 315 g/mol. The monoisotopic (exact) mass is 334 g/mol. The summed E-state index contributed by atoms with van der Waals surface area (Å²) in [5, 5.41) is 25.6. The van der Waals surface area contributed by atoms with Crippen LogP contribution < -0.4 is 9.97 Å². The number of para-hydroxylation sites is 1. The molecule has 2 rings (SSSR count). The maximum Gasteiger partial charge on any atom is 0.547 e. The van der Waals surface area contributed by atoms with Crippen molar-refractivity contribution in [3.05, 3.63) is 29.3 Å². The Kier molecular flexibility index (Phi) is 5.80. The zero-order chi connectivity index (χ0) is 17.7. The average Bonchev–Trinajstić information content (AvgIpc) is 2.53. The largest absolute Gasteiger partial charge is 0.547 e. The number of carbonyl (C=O) groups excluding carboxylic acids is 1. The van der Waals surface area contributed by atoms with E-state index in [-0.39, 0.29) is 30.1 Å². The molecule has 1 aromatic carbocycles. The first kappa shape index (κ1) is 17.8. The maximum absolute atomic E-state index is 12.0. The Morgan fingerprint density at radius 1 is 1.46 bits per heavy atom.